The third-order valence-corrected chi connectivity index (χ3v) is 5.33. The van der Waals surface area contributed by atoms with Crippen LogP contribution in [0.3, 0.4) is 0 Å². The molecule has 0 aliphatic carbocycles. The highest BCUT2D eigenvalue weighted by Crippen LogP contribution is 2.46. The van der Waals surface area contributed by atoms with Crippen LogP contribution in [0, 0.1) is 0 Å². The number of alkyl carbamates (subject to hydrolysis) is 1. The fourth-order valence-electron chi connectivity index (χ4n) is 1.75. The number of carbonyl (C=O) groups is 2. The van der Waals surface area contributed by atoms with Crippen molar-refractivity contribution in [3.63, 3.8) is 0 Å². The van der Waals surface area contributed by atoms with E-state index in [0.717, 1.165) is 0 Å². The first-order valence-corrected chi connectivity index (χ1v) is 9.85. The number of rotatable bonds is 8. The summed E-state index contributed by atoms with van der Waals surface area (Å²) in [6.07, 6.45) is -1.03. The third-order valence-electron chi connectivity index (χ3n) is 2.88. The Balaban J connectivity index is 2.86. The van der Waals surface area contributed by atoms with Crippen molar-refractivity contribution in [2.45, 2.75) is 38.8 Å². The van der Waals surface area contributed by atoms with Gasteiger partial charge in [-0.3, -0.25) is 9.36 Å². The molecule has 8 nitrogen and oxygen atoms in total. The fraction of sp³-hybridized carbons (Fsp3) is 0.643. The maximum Gasteiger partial charge on any atom is 0.408 e. The molecule has 0 aliphatic heterocycles. The molecule has 0 bridgehead atoms. The lowest BCUT2D eigenvalue weighted by Crippen LogP contribution is -2.45. The zero-order chi connectivity index (χ0) is 18.4. The maximum absolute atomic E-state index is 12.5. The van der Waals surface area contributed by atoms with Crippen LogP contribution < -0.4 is 5.32 Å². The van der Waals surface area contributed by atoms with Gasteiger partial charge in [0.25, 0.3) is 0 Å². The number of aromatic nitrogens is 1. The van der Waals surface area contributed by atoms with Gasteiger partial charge in [-0.1, -0.05) is 0 Å². The van der Waals surface area contributed by atoms with Crippen molar-refractivity contribution in [2.75, 3.05) is 20.4 Å². The number of hydrogen-bond donors (Lipinski definition) is 1. The van der Waals surface area contributed by atoms with Crippen LogP contribution >= 0.6 is 18.9 Å². The molecule has 1 aromatic rings. The van der Waals surface area contributed by atoms with E-state index in [-0.39, 0.29) is 6.42 Å². The van der Waals surface area contributed by atoms with Crippen molar-refractivity contribution in [1.82, 2.24) is 10.3 Å². The molecular weight excluding hydrogens is 355 g/mol. The van der Waals surface area contributed by atoms with E-state index in [2.05, 4.69) is 10.3 Å². The molecule has 0 saturated carbocycles. The number of ether oxygens (including phenoxy) is 1. The normalized spacial score (nSPS) is 13.4. The molecule has 0 aliphatic rings. The van der Waals surface area contributed by atoms with E-state index in [0.29, 0.717) is 5.69 Å². The van der Waals surface area contributed by atoms with Crippen molar-refractivity contribution in [3.8, 4) is 0 Å². The predicted molar refractivity (Wildman–Crippen MR) is 90.5 cm³/mol. The molecule has 136 valence electrons. The first kappa shape index (κ1) is 20.8. The van der Waals surface area contributed by atoms with E-state index in [1.807, 2.05) is 0 Å². The van der Waals surface area contributed by atoms with E-state index in [4.69, 9.17) is 13.8 Å². The second kappa shape index (κ2) is 8.71. The van der Waals surface area contributed by atoms with Crippen LogP contribution in [0.5, 0.6) is 0 Å². The smallest absolute Gasteiger partial charge is 0.408 e. The predicted octanol–water partition coefficient (Wildman–Crippen LogP) is 2.63. The molecule has 10 heteroatoms. The minimum Gasteiger partial charge on any atom is -0.444 e. The number of ketones is 1. The molecule has 1 unspecified atom stereocenters. The van der Waals surface area contributed by atoms with Crippen molar-refractivity contribution in [1.29, 1.82) is 0 Å². The Morgan fingerprint density at radius 2 is 1.96 bits per heavy atom. The Kier molecular flexibility index (Phi) is 7.54. The van der Waals surface area contributed by atoms with Gasteiger partial charge in [0.1, 0.15) is 11.8 Å². The van der Waals surface area contributed by atoms with Crippen molar-refractivity contribution in [2.24, 2.45) is 0 Å². The lowest BCUT2D eigenvalue weighted by atomic mass is 10.1. The maximum atomic E-state index is 12.5. The van der Waals surface area contributed by atoms with Crippen molar-refractivity contribution >= 4 is 30.8 Å². The number of nitrogens with zero attached hydrogens (tertiary/aromatic N) is 1. The summed E-state index contributed by atoms with van der Waals surface area (Å²) in [5.41, 5.74) is 1.56. The first-order valence-electron chi connectivity index (χ1n) is 7.18. The second-order valence-corrected chi connectivity index (χ2v) is 8.97. The van der Waals surface area contributed by atoms with Gasteiger partial charge in [0, 0.05) is 26.0 Å². The highest BCUT2D eigenvalue weighted by atomic mass is 32.1. The van der Waals surface area contributed by atoms with Gasteiger partial charge in [-0.05, 0) is 20.8 Å². The standard InChI is InChI=1S/C14H23N2O6PS/c1-14(2,3)22-13(18)16-11(6-10-8-24-9-15-10)12(17)7-23(19,20-4)21-5/h8-9,11H,6-7H2,1-5H3,(H,16,18). The van der Waals surface area contributed by atoms with Gasteiger partial charge in [-0.25, -0.2) is 9.78 Å². The van der Waals surface area contributed by atoms with Gasteiger partial charge in [0.15, 0.2) is 5.78 Å². The number of hydrogen-bond acceptors (Lipinski definition) is 8. The number of Topliss-reactive ketones (excluding diaryl/α,β-unsaturated/α-hetero) is 1. The van der Waals surface area contributed by atoms with Crippen LogP contribution in [-0.2, 0) is 29.6 Å². The monoisotopic (exact) mass is 378 g/mol. The molecular formula is C14H23N2O6PS. The first-order chi connectivity index (χ1) is 11.1. The summed E-state index contributed by atoms with van der Waals surface area (Å²) >= 11 is 1.37. The quantitative estimate of drug-likeness (QED) is 0.694. The summed E-state index contributed by atoms with van der Waals surface area (Å²) in [6.45, 7) is 5.15. The van der Waals surface area contributed by atoms with Gasteiger partial charge in [-0.15, -0.1) is 11.3 Å². The summed E-state index contributed by atoms with van der Waals surface area (Å²) in [5, 5.41) is 4.27. The number of carbonyl (C=O) groups excluding carboxylic acids is 2. The molecule has 24 heavy (non-hydrogen) atoms. The minimum atomic E-state index is -3.53. The Bertz CT molecular complexity index is 591. The van der Waals surface area contributed by atoms with Crippen LogP contribution in [0.25, 0.3) is 0 Å². The van der Waals surface area contributed by atoms with Crippen LogP contribution in [-0.4, -0.2) is 48.9 Å². The zero-order valence-electron chi connectivity index (χ0n) is 14.4. The Morgan fingerprint density at radius 3 is 2.42 bits per heavy atom. The molecule has 1 N–H and O–H groups in total. The summed E-state index contributed by atoms with van der Waals surface area (Å²) in [5.74, 6) is -0.485. The van der Waals surface area contributed by atoms with Gasteiger partial charge in [0.05, 0.1) is 17.2 Å². The van der Waals surface area contributed by atoms with E-state index in [9.17, 15) is 14.2 Å². The average Bonchev–Trinajstić information content (AvgIpc) is 2.97. The summed E-state index contributed by atoms with van der Waals surface area (Å²) in [7, 11) is -1.12. The Morgan fingerprint density at radius 1 is 1.33 bits per heavy atom. The van der Waals surface area contributed by atoms with Crippen LogP contribution in [0.2, 0.25) is 0 Å². The lowest BCUT2D eigenvalue weighted by molar-refractivity contribution is -0.119. The van der Waals surface area contributed by atoms with Crippen molar-refractivity contribution < 1.29 is 27.9 Å². The average molecular weight is 378 g/mol. The molecule has 1 amide bonds. The molecule has 0 aromatic carbocycles. The van der Waals surface area contributed by atoms with Gasteiger partial charge < -0.3 is 19.1 Å². The van der Waals surface area contributed by atoms with E-state index < -0.39 is 37.3 Å². The third kappa shape index (κ3) is 7.09. The zero-order valence-corrected chi connectivity index (χ0v) is 16.1. The van der Waals surface area contributed by atoms with Gasteiger partial charge in [-0.2, -0.15) is 0 Å². The summed E-state index contributed by atoms with van der Waals surface area (Å²) in [6, 6.07) is -0.944. The molecule has 1 atom stereocenters. The van der Waals surface area contributed by atoms with Crippen molar-refractivity contribution in [3.05, 3.63) is 16.6 Å². The molecule has 0 spiro atoms. The molecule has 0 radical (unpaired) electrons. The molecule has 1 rings (SSSR count). The topological polar surface area (TPSA) is 104 Å². The van der Waals surface area contributed by atoms with Gasteiger partial charge >= 0.3 is 13.7 Å². The largest absolute Gasteiger partial charge is 0.444 e. The Labute approximate surface area is 145 Å². The highest BCUT2D eigenvalue weighted by Gasteiger charge is 2.32. The molecule has 0 saturated heterocycles. The lowest BCUT2D eigenvalue weighted by Gasteiger charge is -2.23. The Hall–Kier alpha value is -1.28. The molecule has 1 heterocycles. The number of nitrogens with one attached hydrogen (secondary N) is 1. The van der Waals surface area contributed by atoms with Crippen LogP contribution in [0.15, 0.2) is 10.9 Å². The number of thiazole rings is 1. The van der Waals surface area contributed by atoms with Gasteiger partial charge in [0.2, 0.25) is 0 Å². The molecule has 0 fully saturated rings. The second-order valence-electron chi connectivity index (χ2n) is 5.98. The number of amides is 1. The van der Waals surface area contributed by atoms with E-state index >= 15 is 0 Å². The summed E-state index contributed by atoms with van der Waals surface area (Å²) < 4.78 is 26.9. The minimum absolute atomic E-state index is 0.162. The highest BCUT2D eigenvalue weighted by molar-refractivity contribution is 7.54. The summed E-state index contributed by atoms with van der Waals surface area (Å²) in [4.78, 5) is 28.5. The van der Waals surface area contributed by atoms with Crippen LogP contribution in [0.1, 0.15) is 26.5 Å². The SMILES string of the molecule is COP(=O)(CC(=O)C(Cc1cscn1)NC(=O)OC(C)(C)C)OC. The fourth-order valence-corrected chi connectivity index (χ4v) is 3.33. The van der Waals surface area contributed by atoms with Crippen LogP contribution in [0.4, 0.5) is 4.79 Å². The van der Waals surface area contributed by atoms with E-state index in [1.165, 1.54) is 25.6 Å². The van der Waals surface area contributed by atoms with E-state index in [1.54, 1.807) is 31.7 Å². The molecule has 1 aromatic heterocycles.